The molecular formula is C14H24N2O5. The first-order chi connectivity index (χ1) is 10.1. The summed E-state index contributed by atoms with van der Waals surface area (Å²) in [4.78, 5) is 27.4. The van der Waals surface area contributed by atoms with E-state index in [0.29, 0.717) is 19.8 Å². The number of carbonyl (C=O) groups is 2. The Kier molecular flexibility index (Phi) is 5.41. The van der Waals surface area contributed by atoms with Crippen LogP contribution < -0.4 is 0 Å². The van der Waals surface area contributed by atoms with Gasteiger partial charge in [0, 0.05) is 20.2 Å². The van der Waals surface area contributed by atoms with Crippen LogP contribution in [0, 0.1) is 5.92 Å². The number of likely N-dealkylation sites (N-methyl/N-ethyl adjacent to an activating group) is 1. The van der Waals surface area contributed by atoms with Crippen LogP contribution in [0.2, 0.25) is 0 Å². The average molecular weight is 300 g/mol. The number of ether oxygens (including phenoxy) is 2. The Morgan fingerprint density at radius 1 is 1.24 bits per heavy atom. The molecule has 0 aliphatic carbocycles. The molecule has 1 N–H and O–H groups in total. The predicted octanol–water partition coefficient (Wildman–Crippen LogP) is 0.639. The number of amides is 2. The highest BCUT2D eigenvalue weighted by atomic mass is 16.5. The second-order valence-corrected chi connectivity index (χ2v) is 5.65. The molecule has 0 aromatic rings. The lowest BCUT2D eigenvalue weighted by Crippen LogP contribution is -2.53. The normalized spacial score (nSPS) is 28.6. The topological polar surface area (TPSA) is 79.3 Å². The molecule has 120 valence electrons. The summed E-state index contributed by atoms with van der Waals surface area (Å²) in [6.45, 7) is 4.19. The molecule has 2 fully saturated rings. The van der Waals surface area contributed by atoms with E-state index in [9.17, 15) is 14.7 Å². The minimum Gasteiger partial charge on any atom is -0.481 e. The van der Waals surface area contributed by atoms with Gasteiger partial charge >= 0.3 is 12.0 Å². The van der Waals surface area contributed by atoms with Gasteiger partial charge in [-0.15, -0.1) is 0 Å². The van der Waals surface area contributed by atoms with Crippen LogP contribution in [0.4, 0.5) is 4.79 Å². The smallest absolute Gasteiger partial charge is 0.320 e. The van der Waals surface area contributed by atoms with E-state index in [4.69, 9.17) is 9.47 Å². The van der Waals surface area contributed by atoms with Crippen LogP contribution in [0.1, 0.15) is 19.8 Å². The summed E-state index contributed by atoms with van der Waals surface area (Å²) < 4.78 is 10.6. The van der Waals surface area contributed by atoms with Crippen molar-refractivity contribution in [1.82, 2.24) is 9.80 Å². The SMILES string of the molecule is CCCN(C(=O)N(C)C1CCOC1)C1COCC1C(=O)O. The molecule has 0 bridgehead atoms. The van der Waals surface area contributed by atoms with Crippen molar-refractivity contribution in [1.29, 1.82) is 0 Å². The zero-order chi connectivity index (χ0) is 15.4. The average Bonchev–Trinajstić information content (AvgIpc) is 3.13. The van der Waals surface area contributed by atoms with E-state index in [1.165, 1.54) is 0 Å². The number of carbonyl (C=O) groups excluding carboxylic acids is 1. The van der Waals surface area contributed by atoms with E-state index in [-0.39, 0.29) is 31.3 Å². The molecule has 21 heavy (non-hydrogen) atoms. The number of carboxylic acids is 1. The van der Waals surface area contributed by atoms with Gasteiger partial charge in [-0.25, -0.2) is 4.79 Å². The lowest BCUT2D eigenvalue weighted by Gasteiger charge is -2.35. The minimum atomic E-state index is -0.904. The van der Waals surface area contributed by atoms with Gasteiger partial charge in [0.1, 0.15) is 5.92 Å². The van der Waals surface area contributed by atoms with Crippen LogP contribution in [-0.2, 0) is 14.3 Å². The lowest BCUT2D eigenvalue weighted by atomic mass is 10.0. The van der Waals surface area contributed by atoms with Crippen LogP contribution in [0.25, 0.3) is 0 Å². The molecule has 0 spiro atoms. The van der Waals surface area contributed by atoms with E-state index >= 15 is 0 Å². The van der Waals surface area contributed by atoms with Gasteiger partial charge in [0.25, 0.3) is 0 Å². The summed E-state index contributed by atoms with van der Waals surface area (Å²) in [6, 6.07) is -0.448. The molecule has 0 aromatic heterocycles. The maximum Gasteiger partial charge on any atom is 0.320 e. The fourth-order valence-electron chi connectivity index (χ4n) is 2.92. The molecular weight excluding hydrogens is 276 g/mol. The number of hydrogen-bond acceptors (Lipinski definition) is 4. The number of urea groups is 1. The maximum atomic E-state index is 12.7. The van der Waals surface area contributed by atoms with Gasteiger partial charge in [-0.3, -0.25) is 4.79 Å². The van der Waals surface area contributed by atoms with Crippen molar-refractivity contribution in [3.05, 3.63) is 0 Å². The van der Waals surface area contributed by atoms with Crippen molar-refractivity contribution >= 4 is 12.0 Å². The maximum absolute atomic E-state index is 12.7. The monoisotopic (exact) mass is 300 g/mol. The Balaban J connectivity index is 2.09. The predicted molar refractivity (Wildman–Crippen MR) is 75.1 cm³/mol. The number of carboxylic acid groups (broad SMARTS) is 1. The Bertz CT molecular complexity index is 384. The molecule has 7 nitrogen and oxygen atoms in total. The van der Waals surface area contributed by atoms with Crippen molar-refractivity contribution in [2.45, 2.75) is 31.8 Å². The van der Waals surface area contributed by atoms with Crippen molar-refractivity contribution in [2.75, 3.05) is 40.0 Å². The number of hydrogen-bond donors (Lipinski definition) is 1. The van der Waals surface area contributed by atoms with Crippen molar-refractivity contribution in [2.24, 2.45) is 5.92 Å². The summed E-state index contributed by atoms with van der Waals surface area (Å²) in [5.74, 6) is -1.55. The first kappa shape index (κ1) is 16.0. The Labute approximate surface area is 124 Å². The molecule has 2 amide bonds. The number of rotatable bonds is 5. The second-order valence-electron chi connectivity index (χ2n) is 5.65. The van der Waals surface area contributed by atoms with Gasteiger partial charge in [0.15, 0.2) is 0 Å². The number of aliphatic carboxylic acids is 1. The quantitative estimate of drug-likeness (QED) is 0.806. The molecule has 0 saturated carbocycles. The molecule has 2 rings (SSSR count). The number of nitrogens with zero attached hydrogens (tertiary/aromatic N) is 2. The second kappa shape index (κ2) is 7.09. The Morgan fingerprint density at radius 2 is 2.00 bits per heavy atom. The summed E-state index contributed by atoms with van der Waals surface area (Å²) >= 11 is 0. The Morgan fingerprint density at radius 3 is 2.57 bits per heavy atom. The first-order valence-electron chi connectivity index (χ1n) is 7.48. The lowest BCUT2D eigenvalue weighted by molar-refractivity contribution is -0.142. The van der Waals surface area contributed by atoms with E-state index < -0.39 is 11.9 Å². The third-order valence-corrected chi connectivity index (χ3v) is 4.23. The fourth-order valence-corrected chi connectivity index (χ4v) is 2.92. The highest BCUT2D eigenvalue weighted by Gasteiger charge is 2.41. The summed E-state index contributed by atoms with van der Waals surface area (Å²) in [7, 11) is 1.76. The van der Waals surface area contributed by atoms with Crippen molar-refractivity contribution < 1.29 is 24.2 Å². The standard InChI is InChI=1S/C14H24N2O5/c1-3-5-16(12-9-21-8-11(12)13(17)18)14(19)15(2)10-4-6-20-7-10/h10-12H,3-9H2,1-2H3,(H,17,18). The van der Waals surface area contributed by atoms with Crippen molar-refractivity contribution in [3.63, 3.8) is 0 Å². The fraction of sp³-hybridized carbons (Fsp3) is 0.857. The van der Waals surface area contributed by atoms with Gasteiger partial charge in [-0.1, -0.05) is 6.92 Å². The van der Waals surface area contributed by atoms with E-state index in [1.54, 1.807) is 16.8 Å². The zero-order valence-corrected chi connectivity index (χ0v) is 12.7. The van der Waals surface area contributed by atoms with Gasteiger partial charge < -0.3 is 24.4 Å². The largest absolute Gasteiger partial charge is 0.481 e. The summed E-state index contributed by atoms with van der Waals surface area (Å²) in [6.07, 6.45) is 1.61. The molecule has 0 aromatic carbocycles. The molecule has 2 saturated heterocycles. The Hall–Kier alpha value is -1.34. The van der Waals surface area contributed by atoms with Crippen LogP contribution in [0.15, 0.2) is 0 Å². The minimum absolute atomic E-state index is 0.0717. The van der Waals surface area contributed by atoms with Gasteiger partial charge in [0.2, 0.25) is 0 Å². The van der Waals surface area contributed by atoms with Gasteiger partial charge in [-0.2, -0.15) is 0 Å². The summed E-state index contributed by atoms with van der Waals surface area (Å²) in [5.41, 5.74) is 0. The van der Waals surface area contributed by atoms with Crippen LogP contribution in [-0.4, -0.2) is 79.0 Å². The highest BCUT2D eigenvalue weighted by molar-refractivity contribution is 5.77. The zero-order valence-electron chi connectivity index (χ0n) is 12.7. The molecule has 2 aliphatic heterocycles. The highest BCUT2D eigenvalue weighted by Crippen LogP contribution is 2.23. The third-order valence-electron chi connectivity index (χ3n) is 4.23. The van der Waals surface area contributed by atoms with Crippen molar-refractivity contribution in [3.8, 4) is 0 Å². The molecule has 3 atom stereocenters. The van der Waals surface area contributed by atoms with E-state index in [2.05, 4.69) is 0 Å². The van der Waals surface area contributed by atoms with E-state index in [0.717, 1.165) is 12.8 Å². The summed E-state index contributed by atoms with van der Waals surface area (Å²) in [5, 5.41) is 9.28. The van der Waals surface area contributed by atoms with Crippen LogP contribution in [0.3, 0.4) is 0 Å². The van der Waals surface area contributed by atoms with Gasteiger partial charge in [-0.05, 0) is 12.8 Å². The molecule has 2 aliphatic rings. The van der Waals surface area contributed by atoms with Crippen LogP contribution >= 0.6 is 0 Å². The molecule has 2 heterocycles. The van der Waals surface area contributed by atoms with Gasteiger partial charge in [0.05, 0.1) is 31.9 Å². The van der Waals surface area contributed by atoms with E-state index in [1.807, 2.05) is 6.92 Å². The van der Waals surface area contributed by atoms with Crippen LogP contribution in [0.5, 0.6) is 0 Å². The third kappa shape index (κ3) is 3.47. The first-order valence-corrected chi connectivity index (χ1v) is 7.48. The molecule has 3 unspecified atom stereocenters. The molecule has 7 heteroatoms. The molecule has 0 radical (unpaired) electrons.